The van der Waals surface area contributed by atoms with E-state index in [9.17, 15) is 14.7 Å². The molecular weight excluding hydrogens is 236 g/mol. The fourth-order valence-corrected chi connectivity index (χ4v) is 1.89. The van der Waals surface area contributed by atoms with Gasteiger partial charge in [0.2, 0.25) is 5.91 Å². The lowest BCUT2D eigenvalue weighted by Gasteiger charge is -2.44. The lowest BCUT2D eigenvalue weighted by molar-refractivity contribution is -0.152. The summed E-state index contributed by atoms with van der Waals surface area (Å²) < 4.78 is 4.79. The van der Waals surface area contributed by atoms with Gasteiger partial charge in [0, 0.05) is 13.0 Å². The summed E-state index contributed by atoms with van der Waals surface area (Å²) in [6.07, 6.45) is 3.01. The third-order valence-electron chi connectivity index (χ3n) is 2.82. The predicted molar refractivity (Wildman–Crippen MR) is 62.9 cm³/mol. The van der Waals surface area contributed by atoms with Crippen LogP contribution in [0.25, 0.3) is 0 Å². The number of rotatable bonds is 4. The molecule has 2 rings (SSSR count). The van der Waals surface area contributed by atoms with Crippen molar-refractivity contribution in [1.82, 2.24) is 10.2 Å². The minimum absolute atomic E-state index is 0.0611. The van der Waals surface area contributed by atoms with Gasteiger partial charge in [-0.2, -0.15) is 0 Å². The van der Waals surface area contributed by atoms with Crippen LogP contribution in [0.4, 0.5) is 0 Å². The predicted octanol–water partition coefficient (Wildman–Crippen LogP) is -0.00730. The third kappa shape index (κ3) is 2.89. The van der Waals surface area contributed by atoms with Crippen LogP contribution in [0.2, 0.25) is 0 Å². The van der Waals surface area contributed by atoms with Crippen LogP contribution in [-0.4, -0.2) is 47.1 Å². The normalized spacial score (nSPS) is 17.1. The van der Waals surface area contributed by atoms with E-state index < -0.39 is 5.60 Å². The zero-order valence-electron chi connectivity index (χ0n) is 10.2. The first-order valence-corrected chi connectivity index (χ1v) is 5.78. The van der Waals surface area contributed by atoms with E-state index in [0.29, 0.717) is 18.7 Å². The summed E-state index contributed by atoms with van der Waals surface area (Å²) in [4.78, 5) is 24.7. The first kappa shape index (κ1) is 12.6. The third-order valence-corrected chi connectivity index (χ3v) is 2.82. The molecule has 98 valence electrons. The summed E-state index contributed by atoms with van der Waals surface area (Å²) in [7, 11) is 0. The Morgan fingerprint density at radius 2 is 2.28 bits per heavy atom. The molecule has 2 N–H and O–H groups in total. The molecule has 0 aliphatic carbocycles. The molecule has 6 heteroatoms. The molecule has 6 nitrogen and oxygen atoms in total. The van der Waals surface area contributed by atoms with Gasteiger partial charge in [-0.1, -0.05) is 0 Å². The average Bonchev–Trinajstić information content (AvgIpc) is 2.78. The lowest BCUT2D eigenvalue weighted by atomic mass is 9.96. The quantitative estimate of drug-likeness (QED) is 0.789. The number of hydrogen-bond acceptors (Lipinski definition) is 4. The minimum atomic E-state index is -0.754. The van der Waals surface area contributed by atoms with E-state index in [-0.39, 0.29) is 24.8 Å². The van der Waals surface area contributed by atoms with Gasteiger partial charge in [-0.3, -0.25) is 9.59 Å². The molecule has 0 atom stereocenters. The molecule has 0 spiro atoms. The number of nitrogens with zero attached hydrogens (tertiary/aromatic N) is 1. The summed E-state index contributed by atoms with van der Waals surface area (Å²) in [5.74, 6) is -0.318. The van der Waals surface area contributed by atoms with Gasteiger partial charge in [-0.15, -0.1) is 0 Å². The maximum Gasteiger partial charge on any atom is 0.254 e. The van der Waals surface area contributed by atoms with Crippen LogP contribution < -0.4 is 5.32 Å². The molecular formula is C12H16N2O4. The molecule has 1 aromatic heterocycles. The highest BCUT2D eigenvalue weighted by atomic mass is 16.3. The largest absolute Gasteiger partial charge is 0.472 e. The van der Waals surface area contributed by atoms with Crippen molar-refractivity contribution >= 4 is 11.8 Å². The zero-order chi connectivity index (χ0) is 13.2. The maximum absolute atomic E-state index is 11.6. The number of furan rings is 1. The number of β-amino-alcohol motifs (C(OH)–C–C–N with tert-alkyl or cyclic N) is 1. The first-order valence-electron chi connectivity index (χ1n) is 5.78. The molecule has 2 heterocycles. The maximum atomic E-state index is 11.6. The summed E-state index contributed by atoms with van der Waals surface area (Å²) in [5.41, 5.74) is -0.315. The Bertz CT molecular complexity index is 431. The lowest BCUT2D eigenvalue weighted by Crippen LogP contribution is -2.61. The van der Waals surface area contributed by atoms with Crippen molar-refractivity contribution in [2.45, 2.75) is 18.9 Å². The van der Waals surface area contributed by atoms with Gasteiger partial charge in [0.1, 0.15) is 6.26 Å². The summed E-state index contributed by atoms with van der Waals surface area (Å²) >= 11 is 0. The van der Waals surface area contributed by atoms with Gasteiger partial charge in [-0.25, -0.2) is 0 Å². The number of aliphatic hydroxyl groups is 1. The van der Waals surface area contributed by atoms with Crippen LogP contribution in [0.5, 0.6) is 0 Å². The number of carbonyl (C=O) groups is 2. The standard InChI is InChI=1S/C12H16N2O4/c1-12(17)7-14(8-12)10(15)2-4-13-11(16)9-3-5-18-6-9/h3,5-6,17H,2,4,7-8H2,1H3,(H,13,16). The Labute approximate surface area is 105 Å². The number of carbonyl (C=O) groups excluding carboxylic acids is 2. The van der Waals surface area contributed by atoms with Gasteiger partial charge < -0.3 is 19.7 Å². The monoisotopic (exact) mass is 252 g/mol. The number of likely N-dealkylation sites (tertiary alicyclic amines) is 1. The fourth-order valence-electron chi connectivity index (χ4n) is 1.89. The van der Waals surface area contributed by atoms with Crippen molar-refractivity contribution in [3.8, 4) is 0 Å². The van der Waals surface area contributed by atoms with Crippen LogP contribution >= 0.6 is 0 Å². The second kappa shape index (κ2) is 4.81. The molecule has 0 bridgehead atoms. The Hall–Kier alpha value is -1.82. The van der Waals surface area contributed by atoms with E-state index in [1.165, 1.54) is 12.5 Å². The molecule has 0 unspecified atom stereocenters. The molecule has 0 radical (unpaired) electrons. The van der Waals surface area contributed by atoms with Crippen LogP contribution in [-0.2, 0) is 4.79 Å². The smallest absolute Gasteiger partial charge is 0.254 e. The molecule has 1 saturated heterocycles. The minimum Gasteiger partial charge on any atom is -0.472 e. The van der Waals surface area contributed by atoms with Crippen LogP contribution in [0.3, 0.4) is 0 Å². The van der Waals surface area contributed by atoms with Gasteiger partial charge in [-0.05, 0) is 13.0 Å². The molecule has 1 aliphatic heterocycles. The topological polar surface area (TPSA) is 82.8 Å². The van der Waals surface area contributed by atoms with Gasteiger partial charge >= 0.3 is 0 Å². The Morgan fingerprint density at radius 1 is 1.56 bits per heavy atom. The molecule has 1 aliphatic rings. The Morgan fingerprint density at radius 3 is 2.83 bits per heavy atom. The zero-order valence-corrected chi connectivity index (χ0v) is 10.2. The van der Waals surface area contributed by atoms with Gasteiger partial charge in [0.25, 0.3) is 5.91 Å². The second-order valence-corrected chi connectivity index (χ2v) is 4.76. The highest BCUT2D eigenvalue weighted by Crippen LogP contribution is 2.20. The van der Waals surface area contributed by atoms with E-state index in [2.05, 4.69) is 5.32 Å². The van der Waals surface area contributed by atoms with Crippen molar-refractivity contribution in [2.75, 3.05) is 19.6 Å². The molecule has 1 fully saturated rings. The van der Waals surface area contributed by atoms with E-state index in [4.69, 9.17) is 4.42 Å². The number of hydrogen-bond donors (Lipinski definition) is 2. The van der Waals surface area contributed by atoms with E-state index in [1.807, 2.05) is 0 Å². The van der Waals surface area contributed by atoms with E-state index in [1.54, 1.807) is 17.9 Å². The van der Waals surface area contributed by atoms with E-state index >= 15 is 0 Å². The van der Waals surface area contributed by atoms with Crippen molar-refractivity contribution < 1.29 is 19.1 Å². The van der Waals surface area contributed by atoms with Crippen LogP contribution in [0.15, 0.2) is 23.0 Å². The van der Waals surface area contributed by atoms with Crippen molar-refractivity contribution in [1.29, 1.82) is 0 Å². The Kier molecular flexibility index (Phi) is 3.38. The number of nitrogens with one attached hydrogen (secondary N) is 1. The Balaban J connectivity index is 1.67. The number of amides is 2. The van der Waals surface area contributed by atoms with Crippen LogP contribution in [0, 0.1) is 0 Å². The highest BCUT2D eigenvalue weighted by Gasteiger charge is 2.38. The second-order valence-electron chi connectivity index (χ2n) is 4.76. The van der Waals surface area contributed by atoms with Crippen molar-refractivity contribution in [3.05, 3.63) is 24.2 Å². The van der Waals surface area contributed by atoms with Gasteiger partial charge in [0.15, 0.2) is 0 Å². The summed E-state index contributed by atoms with van der Waals surface area (Å²) in [6, 6.07) is 1.56. The first-order chi connectivity index (χ1) is 8.48. The highest BCUT2D eigenvalue weighted by molar-refractivity contribution is 5.94. The SMILES string of the molecule is CC1(O)CN(C(=O)CCNC(=O)c2ccoc2)C1. The summed E-state index contributed by atoms with van der Waals surface area (Å²) in [6.45, 7) is 2.70. The van der Waals surface area contributed by atoms with Crippen molar-refractivity contribution in [3.63, 3.8) is 0 Å². The molecule has 2 amide bonds. The van der Waals surface area contributed by atoms with Crippen molar-refractivity contribution in [2.24, 2.45) is 0 Å². The molecule has 1 aromatic rings. The summed E-state index contributed by atoms with van der Waals surface area (Å²) in [5, 5.41) is 12.1. The average molecular weight is 252 g/mol. The fraction of sp³-hybridized carbons (Fsp3) is 0.500. The van der Waals surface area contributed by atoms with Crippen LogP contribution in [0.1, 0.15) is 23.7 Å². The van der Waals surface area contributed by atoms with E-state index in [0.717, 1.165) is 0 Å². The van der Waals surface area contributed by atoms with Gasteiger partial charge in [0.05, 0.1) is 30.5 Å². The molecule has 18 heavy (non-hydrogen) atoms. The molecule has 0 aromatic carbocycles. The molecule has 0 saturated carbocycles.